The Hall–Kier alpha value is -3.50. The standard InChI is InChI=1S/C37H53N3O7/c1-8-11-18-29(42)38(7)25(6)32(26-16-14-13-15-17-26)46-36(45)30-28-19-20-37(47-28)31(30)34(43)40(27(23-41)24(4)5)33(37)35(44)39(21-10-3)22-12-9-2/h8,10,13-17,24-25,27-28,30-33,41H,1,3,9,11-12,18-23H2,2,4-7H3/t25-,27-,28-,30+,31+,32+,33-,37+/m0/s1. The number of nitrogens with zero attached hydrogens (tertiary/aromatic N) is 3. The fraction of sp³-hybridized carbons (Fsp3) is 0.622. The predicted molar refractivity (Wildman–Crippen MR) is 179 cm³/mol. The molecule has 1 aromatic rings. The second-order valence-electron chi connectivity index (χ2n) is 13.6. The average Bonchev–Trinajstić information content (AvgIpc) is 3.71. The molecule has 4 rings (SSSR count). The van der Waals surface area contributed by atoms with Crippen molar-refractivity contribution < 1.29 is 33.8 Å². The van der Waals surface area contributed by atoms with Crippen LogP contribution in [-0.4, -0.2) is 100 Å². The van der Waals surface area contributed by atoms with E-state index in [0.29, 0.717) is 32.4 Å². The van der Waals surface area contributed by atoms with Gasteiger partial charge in [-0.25, -0.2) is 0 Å². The van der Waals surface area contributed by atoms with Crippen molar-refractivity contribution in [1.82, 2.24) is 14.7 Å². The first-order chi connectivity index (χ1) is 22.5. The highest BCUT2D eigenvalue weighted by Gasteiger charge is 2.75. The van der Waals surface area contributed by atoms with Crippen molar-refractivity contribution in [2.24, 2.45) is 17.8 Å². The van der Waals surface area contributed by atoms with Gasteiger partial charge in [-0.15, -0.1) is 13.2 Å². The molecule has 3 aliphatic rings. The number of likely N-dealkylation sites (N-methyl/N-ethyl adjacent to an activating group) is 1. The van der Waals surface area contributed by atoms with Crippen molar-refractivity contribution in [3.05, 3.63) is 61.2 Å². The molecule has 0 aliphatic carbocycles. The molecule has 0 unspecified atom stereocenters. The number of unbranched alkanes of at least 4 members (excludes halogenated alkanes) is 1. The number of fused-ring (bicyclic) bond motifs is 1. The van der Waals surface area contributed by atoms with E-state index in [1.165, 1.54) is 4.90 Å². The van der Waals surface area contributed by atoms with Gasteiger partial charge in [0.25, 0.3) is 0 Å². The lowest BCUT2D eigenvalue weighted by Crippen LogP contribution is -2.59. The number of carbonyl (C=O) groups excluding carboxylic acids is 4. The predicted octanol–water partition coefficient (Wildman–Crippen LogP) is 4.29. The van der Waals surface area contributed by atoms with Gasteiger partial charge in [0.1, 0.15) is 17.7 Å². The molecule has 3 heterocycles. The molecule has 3 aliphatic heterocycles. The van der Waals surface area contributed by atoms with Crippen molar-refractivity contribution in [2.45, 2.75) is 102 Å². The molecule has 10 heteroatoms. The van der Waals surface area contributed by atoms with Gasteiger partial charge in [0.05, 0.1) is 36.6 Å². The van der Waals surface area contributed by atoms with Crippen LogP contribution in [0.15, 0.2) is 55.6 Å². The third-order valence-electron chi connectivity index (χ3n) is 10.4. The van der Waals surface area contributed by atoms with Gasteiger partial charge in [-0.3, -0.25) is 19.2 Å². The second kappa shape index (κ2) is 15.6. The van der Waals surface area contributed by atoms with Gasteiger partial charge in [-0.2, -0.15) is 0 Å². The quantitative estimate of drug-likeness (QED) is 0.197. The minimum absolute atomic E-state index is 0.101. The highest BCUT2D eigenvalue weighted by Crippen LogP contribution is 2.59. The number of ether oxygens (including phenoxy) is 2. The van der Waals surface area contributed by atoms with Crippen LogP contribution in [0.4, 0.5) is 0 Å². The van der Waals surface area contributed by atoms with E-state index in [2.05, 4.69) is 13.2 Å². The summed E-state index contributed by atoms with van der Waals surface area (Å²) in [5.41, 5.74) is -0.499. The maximum Gasteiger partial charge on any atom is 0.313 e. The van der Waals surface area contributed by atoms with Gasteiger partial charge in [0.2, 0.25) is 17.7 Å². The summed E-state index contributed by atoms with van der Waals surface area (Å²) in [5, 5.41) is 10.5. The Kier molecular flexibility index (Phi) is 12.1. The molecule has 1 N–H and O–H groups in total. The first-order valence-corrected chi connectivity index (χ1v) is 17.1. The molecular weight excluding hydrogens is 598 g/mol. The van der Waals surface area contributed by atoms with Crippen LogP contribution in [0, 0.1) is 17.8 Å². The van der Waals surface area contributed by atoms with Crippen molar-refractivity contribution >= 4 is 23.7 Å². The molecule has 3 saturated heterocycles. The van der Waals surface area contributed by atoms with Crippen LogP contribution in [0.25, 0.3) is 0 Å². The first-order valence-electron chi connectivity index (χ1n) is 17.1. The van der Waals surface area contributed by atoms with Crippen LogP contribution in [0.2, 0.25) is 0 Å². The van der Waals surface area contributed by atoms with Crippen LogP contribution in [0.3, 0.4) is 0 Å². The number of hydrogen-bond donors (Lipinski definition) is 1. The number of aliphatic hydroxyl groups is 1. The first kappa shape index (κ1) is 36.3. The van der Waals surface area contributed by atoms with E-state index in [0.717, 1.165) is 18.4 Å². The van der Waals surface area contributed by atoms with Crippen molar-refractivity contribution in [2.75, 3.05) is 26.7 Å². The third-order valence-corrected chi connectivity index (χ3v) is 10.4. The van der Waals surface area contributed by atoms with Crippen LogP contribution in [0.5, 0.6) is 0 Å². The Bertz CT molecular complexity index is 1300. The zero-order valence-corrected chi connectivity index (χ0v) is 28.7. The normalized spacial score (nSPS) is 26.4. The zero-order valence-electron chi connectivity index (χ0n) is 28.7. The van der Waals surface area contributed by atoms with Crippen LogP contribution in [-0.2, 0) is 28.7 Å². The summed E-state index contributed by atoms with van der Waals surface area (Å²) in [6, 6.07) is 7.13. The number of aliphatic hydroxyl groups excluding tert-OH is 1. The topological polar surface area (TPSA) is 117 Å². The second-order valence-corrected chi connectivity index (χ2v) is 13.6. The van der Waals surface area contributed by atoms with E-state index in [-0.39, 0.29) is 36.7 Å². The number of amides is 3. The molecule has 1 spiro atoms. The minimum atomic E-state index is -1.22. The minimum Gasteiger partial charge on any atom is -0.455 e. The van der Waals surface area contributed by atoms with Gasteiger partial charge in [-0.05, 0) is 44.1 Å². The Morgan fingerprint density at radius 3 is 2.47 bits per heavy atom. The molecule has 10 nitrogen and oxygen atoms in total. The number of allylic oxidation sites excluding steroid dienone is 1. The van der Waals surface area contributed by atoms with E-state index in [4.69, 9.17) is 9.47 Å². The van der Waals surface area contributed by atoms with Gasteiger partial charge in [0.15, 0.2) is 0 Å². The van der Waals surface area contributed by atoms with Gasteiger partial charge in [0, 0.05) is 26.6 Å². The molecule has 8 atom stereocenters. The fourth-order valence-corrected chi connectivity index (χ4v) is 7.71. The number of hydrogen-bond acceptors (Lipinski definition) is 7. The maximum absolute atomic E-state index is 14.6. The maximum atomic E-state index is 14.6. The summed E-state index contributed by atoms with van der Waals surface area (Å²) in [7, 11) is 1.69. The van der Waals surface area contributed by atoms with Gasteiger partial charge >= 0.3 is 5.97 Å². The molecular formula is C37H53N3O7. The zero-order chi connectivity index (χ0) is 34.5. The van der Waals surface area contributed by atoms with Gasteiger partial charge in [-0.1, -0.05) is 69.7 Å². The molecule has 0 radical (unpaired) electrons. The Morgan fingerprint density at radius 1 is 1.17 bits per heavy atom. The number of carbonyl (C=O) groups is 4. The SMILES string of the molecule is C=CCCC(=O)N(C)[C@@H](C)[C@@H](OC(=O)[C@@H]1[C@@H]2CC[C@]3(O2)[C@H](C(=O)N(CC=C)CCCC)N([C@@H](CO)C(C)C)C(=O)[C@@H]13)c1ccccc1. The summed E-state index contributed by atoms with van der Waals surface area (Å²) >= 11 is 0. The van der Waals surface area contributed by atoms with Crippen molar-refractivity contribution in [3.8, 4) is 0 Å². The lowest BCUT2D eigenvalue weighted by molar-refractivity contribution is -0.165. The highest BCUT2D eigenvalue weighted by atomic mass is 16.6. The summed E-state index contributed by atoms with van der Waals surface area (Å²) < 4.78 is 13.0. The lowest BCUT2D eigenvalue weighted by Gasteiger charge is -2.40. The monoisotopic (exact) mass is 651 g/mol. The molecule has 0 aromatic heterocycles. The summed E-state index contributed by atoms with van der Waals surface area (Å²) in [4.78, 5) is 61.2. The molecule has 2 bridgehead atoms. The Balaban J connectivity index is 1.71. The van der Waals surface area contributed by atoms with Crippen LogP contribution in [0.1, 0.15) is 77.9 Å². The Labute approximate surface area is 279 Å². The average molecular weight is 652 g/mol. The Morgan fingerprint density at radius 2 is 1.87 bits per heavy atom. The molecule has 47 heavy (non-hydrogen) atoms. The van der Waals surface area contributed by atoms with E-state index in [1.807, 2.05) is 58.0 Å². The number of likely N-dealkylation sites (tertiary alicyclic amines) is 1. The van der Waals surface area contributed by atoms with Crippen molar-refractivity contribution in [3.63, 3.8) is 0 Å². The largest absolute Gasteiger partial charge is 0.455 e. The van der Waals surface area contributed by atoms with E-state index >= 15 is 0 Å². The molecule has 3 amide bonds. The summed E-state index contributed by atoms with van der Waals surface area (Å²) in [5.74, 6) is -3.34. The summed E-state index contributed by atoms with van der Waals surface area (Å²) in [6.45, 7) is 15.7. The van der Waals surface area contributed by atoms with Gasteiger partial charge < -0.3 is 29.3 Å². The highest BCUT2D eigenvalue weighted by molar-refractivity contribution is 5.98. The van der Waals surface area contributed by atoms with E-state index in [1.54, 1.807) is 29.0 Å². The van der Waals surface area contributed by atoms with E-state index in [9.17, 15) is 24.3 Å². The third kappa shape index (κ3) is 6.90. The van der Waals surface area contributed by atoms with Crippen LogP contribution < -0.4 is 0 Å². The molecule has 1 aromatic carbocycles. The molecule has 258 valence electrons. The van der Waals surface area contributed by atoms with E-state index < -0.39 is 53.7 Å². The fourth-order valence-electron chi connectivity index (χ4n) is 7.71. The summed E-state index contributed by atoms with van der Waals surface area (Å²) in [6.07, 6.45) is 5.38. The van der Waals surface area contributed by atoms with Crippen molar-refractivity contribution in [1.29, 1.82) is 0 Å². The number of benzene rings is 1. The van der Waals surface area contributed by atoms with Crippen LogP contribution >= 0.6 is 0 Å². The number of esters is 1. The lowest BCUT2D eigenvalue weighted by atomic mass is 9.70. The molecule has 0 saturated carbocycles. The number of rotatable bonds is 17. The molecule has 3 fully saturated rings. The smallest absolute Gasteiger partial charge is 0.313 e.